The molecule has 2 aromatic rings. The number of furan rings is 1. The van der Waals surface area contributed by atoms with Crippen LogP contribution in [0.4, 0.5) is 0 Å². The molecule has 116 valence electrons. The second kappa shape index (κ2) is 7.27. The molecule has 1 amide bonds. The number of hydrogen-bond donors (Lipinski definition) is 1. The van der Waals surface area contributed by atoms with E-state index in [2.05, 4.69) is 34.5 Å². The molecule has 3 rings (SSSR count). The number of likely N-dealkylation sites (tertiary alicyclic amines) is 1. The van der Waals surface area contributed by atoms with E-state index in [0.717, 1.165) is 38.2 Å². The van der Waals surface area contributed by atoms with Crippen molar-refractivity contribution in [3.63, 3.8) is 0 Å². The van der Waals surface area contributed by atoms with Gasteiger partial charge in [-0.05, 0) is 37.1 Å². The Hall–Kier alpha value is -2.07. The number of rotatable bonds is 5. The summed E-state index contributed by atoms with van der Waals surface area (Å²) in [5.41, 5.74) is 1.30. The van der Waals surface area contributed by atoms with E-state index in [0.29, 0.717) is 6.54 Å². The standard InChI is InChI=1S/C18H22N2O2/c21-18(19-12-17-9-5-11-22-17)16-8-4-10-20(14-16)13-15-6-2-1-3-7-15/h1-3,5-7,9,11,16H,4,8,10,12-14H2,(H,19,21)/t16-/m1/s1. The number of nitrogens with zero attached hydrogens (tertiary/aromatic N) is 1. The zero-order valence-electron chi connectivity index (χ0n) is 12.7. The largest absolute Gasteiger partial charge is 0.467 e. The quantitative estimate of drug-likeness (QED) is 0.923. The molecule has 2 heterocycles. The van der Waals surface area contributed by atoms with Crippen molar-refractivity contribution in [3.05, 3.63) is 60.1 Å². The Morgan fingerprint density at radius 3 is 2.86 bits per heavy atom. The van der Waals surface area contributed by atoms with E-state index in [-0.39, 0.29) is 11.8 Å². The number of benzene rings is 1. The van der Waals surface area contributed by atoms with Crippen LogP contribution in [0.2, 0.25) is 0 Å². The van der Waals surface area contributed by atoms with Gasteiger partial charge in [-0.25, -0.2) is 0 Å². The van der Waals surface area contributed by atoms with Crippen molar-refractivity contribution in [1.82, 2.24) is 10.2 Å². The van der Waals surface area contributed by atoms with Crippen LogP contribution in [0.5, 0.6) is 0 Å². The molecule has 0 bridgehead atoms. The van der Waals surface area contributed by atoms with Gasteiger partial charge in [-0.3, -0.25) is 9.69 Å². The van der Waals surface area contributed by atoms with Crippen molar-refractivity contribution in [2.45, 2.75) is 25.9 Å². The van der Waals surface area contributed by atoms with Crippen LogP contribution in [0.1, 0.15) is 24.2 Å². The minimum absolute atomic E-state index is 0.0763. The molecule has 0 saturated carbocycles. The monoisotopic (exact) mass is 298 g/mol. The van der Waals surface area contributed by atoms with Crippen LogP contribution in [0.15, 0.2) is 53.1 Å². The fourth-order valence-corrected chi connectivity index (χ4v) is 2.99. The normalized spacial score (nSPS) is 19.0. The molecule has 1 atom stereocenters. The highest BCUT2D eigenvalue weighted by molar-refractivity contribution is 5.78. The van der Waals surface area contributed by atoms with Crippen molar-refractivity contribution in [2.24, 2.45) is 5.92 Å². The maximum absolute atomic E-state index is 12.3. The third-order valence-electron chi connectivity index (χ3n) is 4.14. The van der Waals surface area contributed by atoms with Gasteiger partial charge in [-0.15, -0.1) is 0 Å². The number of amides is 1. The summed E-state index contributed by atoms with van der Waals surface area (Å²) in [4.78, 5) is 14.7. The van der Waals surface area contributed by atoms with Crippen LogP contribution < -0.4 is 5.32 Å². The Bertz CT molecular complexity index is 580. The molecule has 1 saturated heterocycles. The Labute approximate surface area is 131 Å². The first-order chi connectivity index (χ1) is 10.8. The molecule has 1 aromatic heterocycles. The van der Waals surface area contributed by atoms with Crippen LogP contribution >= 0.6 is 0 Å². The third-order valence-corrected chi connectivity index (χ3v) is 4.14. The molecule has 0 radical (unpaired) electrons. The van der Waals surface area contributed by atoms with Gasteiger partial charge in [0.25, 0.3) is 0 Å². The molecule has 1 N–H and O–H groups in total. The van der Waals surface area contributed by atoms with E-state index in [4.69, 9.17) is 4.42 Å². The lowest BCUT2D eigenvalue weighted by Crippen LogP contribution is -2.42. The summed E-state index contributed by atoms with van der Waals surface area (Å²) in [7, 11) is 0. The van der Waals surface area contributed by atoms with E-state index in [1.54, 1.807) is 6.26 Å². The van der Waals surface area contributed by atoms with Crippen molar-refractivity contribution in [3.8, 4) is 0 Å². The molecule has 0 spiro atoms. The number of nitrogens with one attached hydrogen (secondary N) is 1. The summed E-state index contributed by atoms with van der Waals surface area (Å²) in [5, 5.41) is 2.98. The fraction of sp³-hybridized carbons (Fsp3) is 0.389. The van der Waals surface area contributed by atoms with Gasteiger partial charge in [0.15, 0.2) is 0 Å². The first-order valence-electron chi connectivity index (χ1n) is 7.87. The summed E-state index contributed by atoms with van der Waals surface area (Å²) < 4.78 is 5.25. The molecular weight excluding hydrogens is 276 g/mol. The zero-order chi connectivity index (χ0) is 15.2. The second-order valence-electron chi connectivity index (χ2n) is 5.86. The van der Waals surface area contributed by atoms with Crippen LogP contribution in [0, 0.1) is 5.92 Å². The molecule has 0 unspecified atom stereocenters. The Balaban J connectivity index is 1.50. The molecule has 4 nitrogen and oxygen atoms in total. The summed E-state index contributed by atoms with van der Waals surface area (Å²) in [5.74, 6) is 1.01. The summed E-state index contributed by atoms with van der Waals surface area (Å²) in [6.45, 7) is 3.29. The maximum Gasteiger partial charge on any atom is 0.224 e. The summed E-state index contributed by atoms with van der Waals surface area (Å²) in [6, 6.07) is 14.2. The minimum atomic E-state index is 0.0763. The number of hydrogen-bond acceptors (Lipinski definition) is 3. The predicted octanol–water partition coefficient (Wildman–Crippen LogP) is 2.81. The molecule has 1 aliphatic rings. The Morgan fingerprint density at radius 2 is 2.09 bits per heavy atom. The van der Waals surface area contributed by atoms with Gasteiger partial charge in [0.05, 0.1) is 18.7 Å². The van der Waals surface area contributed by atoms with Gasteiger partial charge in [0.1, 0.15) is 5.76 Å². The lowest BCUT2D eigenvalue weighted by molar-refractivity contribution is -0.127. The van der Waals surface area contributed by atoms with Crippen molar-refractivity contribution < 1.29 is 9.21 Å². The highest BCUT2D eigenvalue weighted by atomic mass is 16.3. The predicted molar refractivity (Wildman–Crippen MR) is 85.0 cm³/mol. The van der Waals surface area contributed by atoms with Crippen LogP contribution in [-0.4, -0.2) is 23.9 Å². The average Bonchev–Trinajstić information content (AvgIpc) is 3.07. The molecule has 4 heteroatoms. The smallest absolute Gasteiger partial charge is 0.224 e. The van der Waals surface area contributed by atoms with Crippen molar-refractivity contribution >= 4 is 5.91 Å². The molecule has 1 fully saturated rings. The molecule has 0 aliphatic carbocycles. The topological polar surface area (TPSA) is 45.5 Å². The van der Waals surface area contributed by atoms with E-state index >= 15 is 0 Å². The molecular formula is C18H22N2O2. The van der Waals surface area contributed by atoms with Gasteiger partial charge >= 0.3 is 0 Å². The van der Waals surface area contributed by atoms with Crippen LogP contribution in [0.3, 0.4) is 0 Å². The first kappa shape index (κ1) is 14.9. The molecule has 1 aliphatic heterocycles. The fourth-order valence-electron chi connectivity index (χ4n) is 2.99. The maximum atomic E-state index is 12.3. The summed E-state index contributed by atoms with van der Waals surface area (Å²) >= 11 is 0. The highest BCUT2D eigenvalue weighted by Gasteiger charge is 2.25. The van der Waals surface area contributed by atoms with Gasteiger partial charge in [-0.2, -0.15) is 0 Å². The summed E-state index contributed by atoms with van der Waals surface area (Å²) in [6.07, 6.45) is 3.67. The number of piperidine rings is 1. The van der Waals surface area contributed by atoms with Gasteiger partial charge in [0.2, 0.25) is 5.91 Å². The first-order valence-corrected chi connectivity index (χ1v) is 7.87. The minimum Gasteiger partial charge on any atom is -0.467 e. The Morgan fingerprint density at radius 1 is 1.23 bits per heavy atom. The molecule has 22 heavy (non-hydrogen) atoms. The van der Waals surface area contributed by atoms with Gasteiger partial charge < -0.3 is 9.73 Å². The highest BCUT2D eigenvalue weighted by Crippen LogP contribution is 2.19. The Kier molecular flexibility index (Phi) is 4.91. The molecule has 1 aromatic carbocycles. The lowest BCUT2D eigenvalue weighted by Gasteiger charge is -2.32. The lowest BCUT2D eigenvalue weighted by atomic mass is 9.96. The third kappa shape index (κ3) is 3.98. The van der Waals surface area contributed by atoms with Crippen LogP contribution in [0.25, 0.3) is 0 Å². The number of carbonyl (C=O) groups is 1. The van der Waals surface area contributed by atoms with E-state index in [1.165, 1.54) is 5.56 Å². The zero-order valence-corrected chi connectivity index (χ0v) is 12.7. The van der Waals surface area contributed by atoms with E-state index in [1.807, 2.05) is 18.2 Å². The average molecular weight is 298 g/mol. The van der Waals surface area contributed by atoms with E-state index < -0.39 is 0 Å². The van der Waals surface area contributed by atoms with Gasteiger partial charge in [0, 0.05) is 13.1 Å². The van der Waals surface area contributed by atoms with Crippen molar-refractivity contribution in [1.29, 1.82) is 0 Å². The second-order valence-corrected chi connectivity index (χ2v) is 5.86. The van der Waals surface area contributed by atoms with E-state index in [9.17, 15) is 4.79 Å². The number of carbonyl (C=O) groups excluding carboxylic acids is 1. The SMILES string of the molecule is O=C(NCc1ccco1)[C@@H]1CCCN(Cc2ccccc2)C1. The van der Waals surface area contributed by atoms with Crippen LogP contribution in [-0.2, 0) is 17.9 Å². The van der Waals surface area contributed by atoms with Crippen molar-refractivity contribution in [2.75, 3.05) is 13.1 Å². The van der Waals surface area contributed by atoms with Gasteiger partial charge in [-0.1, -0.05) is 30.3 Å².